The second-order valence-electron chi connectivity index (χ2n) is 6.10. The first kappa shape index (κ1) is 15.8. The van der Waals surface area contributed by atoms with Crippen molar-refractivity contribution in [1.82, 2.24) is 0 Å². The van der Waals surface area contributed by atoms with Crippen LogP contribution in [-0.2, 0) is 0 Å². The summed E-state index contributed by atoms with van der Waals surface area (Å²) in [6.45, 7) is 12.4. The molecule has 108 valence electrons. The lowest BCUT2D eigenvalue weighted by molar-refractivity contribution is 0.363. The molecular formula is C16H28N2O. The molecule has 1 rings (SSSR count). The molecule has 0 aromatic heterocycles. The van der Waals surface area contributed by atoms with Crippen molar-refractivity contribution in [2.75, 3.05) is 25.5 Å². The zero-order valence-corrected chi connectivity index (χ0v) is 13.2. The fourth-order valence-electron chi connectivity index (χ4n) is 2.33. The van der Waals surface area contributed by atoms with Crippen molar-refractivity contribution in [2.45, 2.75) is 41.0 Å². The summed E-state index contributed by atoms with van der Waals surface area (Å²) in [5.41, 5.74) is 10.6. The zero-order valence-electron chi connectivity index (χ0n) is 13.2. The summed E-state index contributed by atoms with van der Waals surface area (Å²) in [5, 5.41) is 3.55. The average Bonchev–Trinajstić information content (AvgIpc) is 2.31. The van der Waals surface area contributed by atoms with Crippen LogP contribution in [-0.4, -0.2) is 20.2 Å². The number of ether oxygens (including phenoxy) is 1. The fourth-order valence-corrected chi connectivity index (χ4v) is 2.33. The Balaban J connectivity index is 2.98. The van der Waals surface area contributed by atoms with Gasteiger partial charge in [-0.3, -0.25) is 0 Å². The molecule has 0 saturated heterocycles. The van der Waals surface area contributed by atoms with Gasteiger partial charge in [0.25, 0.3) is 0 Å². The highest BCUT2D eigenvalue weighted by molar-refractivity contribution is 5.66. The van der Waals surface area contributed by atoms with Crippen molar-refractivity contribution in [1.29, 1.82) is 0 Å². The average molecular weight is 264 g/mol. The highest BCUT2D eigenvalue weighted by Crippen LogP contribution is 2.35. The second kappa shape index (κ2) is 6.29. The van der Waals surface area contributed by atoms with Gasteiger partial charge in [0.1, 0.15) is 5.75 Å². The zero-order chi connectivity index (χ0) is 14.6. The molecule has 0 atom stereocenters. The number of nitrogens with two attached hydrogens (primary N) is 1. The Kier molecular flexibility index (Phi) is 5.24. The van der Waals surface area contributed by atoms with Crippen molar-refractivity contribution in [2.24, 2.45) is 11.1 Å². The van der Waals surface area contributed by atoms with Crippen molar-refractivity contribution in [3.05, 3.63) is 22.8 Å². The molecule has 3 nitrogen and oxygen atoms in total. The van der Waals surface area contributed by atoms with E-state index in [1.807, 2.05) is 0 Å². The Morgan fingerprint density at radius 1 is 1.21 bits per heavy atom. The first-order chi connectivity index (χ1) is 8.82. The Morgan fingerprint density at radius 3 is 2.37 bits per heavy atom. The van der Waals surface area contributed by atoms with E-state index < -0.39 is 0 Å². The van der Waals surface area contributed by atoms with Crippen LogP contribution in [0.15, 0.2) is 6.07 Å². The summed E-state index contributed by atoms with van der Waals surface area (Å²) in [7, 11) is 1.73. The number of benzene rings is 1. The van der Waals surface area contributed by atoms with Crippen molar-refractivity contribution in [3.63, 3.8) is 0 Å². The lowest BCUT2D eigenvalue weighted by Crippen LogP contribution is -2.26. The van der Waals surface area contributed by atoms with Crippen molar-refractivity contribution < 1.29 is 4.74 Å². The lowest BCUT2D eigenvalue weighted by atomic mass is 9.89. The summed E-state index contributed by atoms with van der Waals surface area (Å²) in [6.07, 6.45) is 1.01. The van der Waals surface area contributed by atoms with Gasteiger partial charge < -0.3 is 15.8 Å². The maximum atomic E-state index is 5.66. The molecule has 0 saturated carbocycles. The minimum absolute atomic E-state index is 0.186. The van der Waals surface area contributed by atoms with Crippen LogP contribution in [0.25, 0.3) is 0 Å². The second-order valence-corrected chi connectivity index (χ2v) is 6.10. The highest BCUT2D eigenvalue weighted by atomic mass is 16.5. The molecule has 0 unspecified atom stereocenters. The standard InChI is InChI=1S/C16H28N2O/c1-11-9-12(2)14(15(19-6)13(11)3)18-10-16(4,5)7-8-17/h9,18H,7-8,10,17H2,1-6H3. The predicted molar refractivity (Wildman–Crippen MR) is 83.1 cm³/mol. The molecule has 0 spiro atoms. The van der Waals surface area contributed by atoms with E-state index in [9.17, 15) is 0 Å². The molecule has 0 fully saturated rings. The van der Waals surface area contributed by atoms with Gasteiger partial charge in [-0.2, -0.15) is 0 Å². The molecule has 0 heterocycles. The minimum Gasteiger partial charge on any atom is -0.494 e. The number of methoxy groups -OCH3 is 1. The largest absolute Gasteiger partial charge is 0.494 e. The van der Waals surface area contributed by atoms with Crippen LogP contribution >= 0.6 is 0 Å². The van der Waals surface area contributed by atoms with Crippen LogP contribution in [0, 0.1) is 26.2 Å². The summed E-state index contributed by atoms with van der Waals surface area (Å²) < 4.78 is 5.58. The third-order valence-electron chi connectivity index (χ3n) is 3.76. The van der Waals surface area contributed by atoms with Crippen LogP contribution < -0.4 is 15.8 Å². The lowest BCUT2D eigenvalue weighted by Gasteiger charge is -2.27. The molecule has 1 aromatic rings. The van der Waals surface area contributed by atoms with Crippen LogP contribution in [0.2, 0.25) is 0 Å². The summed E-state index contributed by atoms with van der Waals surface area (Å²) in [4.78, 5) is 0. The van der Waals surface area contributed by atoms with Crippen LogP contribution in [0.1, 0.15) is 37.0 Å². The van der Waals surface area contributed by atoms with Gasteiger partial charge in [-0.15, -0.1) is 0 Å². The van der Waals surface area contributed by atoms with Crippen LogP contribution in [0.5, 0.6) is 5.75 Å². The van der Waals surface area contributed by atoms with Crippen LogP contribution in [0.3, 0.4) is 0 Å². The van der Waals surface area contributed by atoms with E-state index in [1.54, 1.807) is 7.11 Å². The Hall–Kier alpha value is -1.22. The molecule has 0 aliphatic heterocycles. The molecular weight excluding hydrogens is 236 g/mol. The summed E-state index contributed by atoms with van der Waals surface area (Å²) in [5.74, 6) is 0.959. The monoisotopic (exact) mass is 264 g/mol. The van der Waals surface area contributed by atoms with Crippen molar-refractivity contribution in [3.8, 4) is 5.75 Å². The molecule has 3 N–H and O–H groups in total. The SMILES string of the molecule is COc1c(C)c(C)cc(C)c1NCC(C)(C)CCN. The summed E-state index contributed by atoms with van der Waals surface area (Å²) in [6, 6.07) is 2.20. The number of nitrogens with one attached hydrogen (secondary N) is 1. The quantitative estimate of drug-likeness (QED) is 0.827. The Morgan fingerprint density at radius 2 is 1.84 bits per heavy atom. The first-order valence-electron chi connectivity index (χ1n) is 6.91. The third-order valence-corrected chi connectivity index (χ3v) is 3.76. The number of aryl methyl sites for hydroxylation is 2. The van der Waals surface area contributed by atoms with Crippen molar-refractivity contribution >= 4 is 5.69 Å². The molecule has 0 bridgehead atoms. The topological polar surface area (TPSA) is 47.3 Å². The van der Waals surface area contributed by atoms with E-state index in [1.165, 1.54) is 16.7 Å². The van der Waals surface area contributed by atoms with Gasteiger partial charge in [0.2, 0.25) is 0 Å². The molecule has 0 aliphatic rings. The Bertz CT molecular complexity index is 439. The van der Waals surface area contributed by atoms with Gasteiger partial charge in [-0.25, -0.2) is 0 Å². The Labute approximate surface area is 117 Å². The molecule has 3 heteroatoms. The van der Waals surface area contributed by atoms with Crippen LogP contribution in [0.4, 0.5) is 5.69 Å². The number of anilines is 1. The van der Waals surface area contributed by atoms with Gasteiger partial charge in [0, 0.05) is 6.54 Å². The van der Waals surface area contributed by atoms with E-state index in [0.717, 1.165) is 30.9 Å². The van der Waals surface area contributed by atoms with E-state index in [2.05, 4.69) is 46.0 Å². The molecule has 0 radical (unpaired) electrons. The number of hydrogen-bond acceptors (Lipinski definition) is 3. The summed E-state index contributed by atoms with van der Waals surface area (Å²) >= 11 is 0. The number of hydrogen-bond donors (Lipinski definition) is 2. The van der Waals surface area contributed by atoms with E-state index >= 15 is 0 Å². The molecule has 19 heavy (non-hydrogen) atoms. The molecule has 0 amide bonds. The van der Waals surface area contributed by atoms with Gasteiger partial charge in [0.15, 0.2) is 0 Å². The first-order valence-corrected chi connectivity index (χ1v) is 6.91. The highest BCUT2D eigenvalue weighted by Gasteiger charge is 2.19. The van der Waals surface area contributed by atoms with Gasteiger partial charge in [-0.1, -0.05) is 19.9 Å². The molecule has 1 aromatic carbocycles. The number of rotatable bonds is 6. The normalized spacial score (nSPS) is 11.5. The van der Waals surface area contributed by atoms with E-state index in [-0.39, 0.29) is 5.41 Å². The molecule has 0 aliphatic carbocycles. The maximum Gasteiger partial charge on any atom is 0.145 e. The van der Waals surface area contributed by atoms with Gasteiger partial charge in [-0.05, 0) is 55.8 Å². The predicted octanol–water partition coefficient (Wildman–Crippen LogP) is 3.41. The van der Waals surface area contributed by atoms with Gasteiger partial charge >= 0.3 is 0 Å². The smallest absolute Gasteiger partial charge is 0.145 e. The van der Waals surface area contributed by atoms with E-state index in [4.69, 9.17) is 10.5 Å². The third kappa shape index (κ3) is 3.87. The van der Waals surface area contributed by atoms with Gasteiger partial charge in [0.05, 0.1) is 12.8 Å². The maximum absolute atomic E-state index is 5.66. The van der Waals surface area contributed by atoms with E-state index in [0.29, 0.717) is 0 Å². The minimum atomic E-state index is 0.186. The fraction of sp³-hybridized carbons (Fsp3) is 0.625.